The first-order valence-corrected chi connectivity index (χ1v) is 13.6. The van der Waals surface area contributed by atoms with Crippen molar-refractivity contribution in [2.45, 2.75) is 25.7 Å². The third kappa shape index (κ3) is 4.66. The SMILES string of the molecule is O=C(Cc1ccccc1)Nc1cncc(-c2cc3c(-c4cc5c(N6CCCCC6)cncc5[nH]4)n[nH]c3cn2)c1. The molecule has 9 nitrogen and oxygen atoms in total. The molecule has 1 aliphatic rings. The van der Waals surface area contributed by atoms with E-state index in [1.165, 1.54) is 24.9 Å². The van der Waals surface area contributed by atoms with E-state index >= 15 is 0 Å². The van der Waals surface area contributed by atoms with Crippen LogP contribution in [0.4, 0.5) is 11.4 Å². The van der Waals surface area contributed by atoms with Crippen LogP contribution in [0.3, 0.4) is 0 Å². The fraction of sp³-hybridized carbons (Fsp3) is 0.194. The van der Waals surface area contributed by atoms with Gasteiger partial charge in [-0.2, -0.15) is 5.10 Å². The first kappa shape index (κ1) is 24.0. The molecular formula is C31H28N8O. The van der Waals surface area contributed by atoms with Gasteiger partial charge in [-0.15, -0.1) is 0 Å². The number of carbonyl (C=O) groups excluding carboxylic acids is 1. The van der Waals surface area contributed by atoms with E-state index in [0.29, 0.717) is 12.1 Å². The fourth-order valence-electron chi connectivity index (χ4n) is 5.47. The number of nitrogens with one attached hydrogen (secondary N) is 3. The van der Waals surface area contributed by atoms with E-state index in [1.54, 1.807) is 18.6 Å². The lowest BCUT2D eigenvalue weighted by molar-refractivity contribution is -0.115. The van der Waals surface area contributed by atoms with Gasteiger partial charge in [0.2, 0.25) is 5.91 Å². The Hall–Kier alpha value is -5.05. The second kappa shape index (κ2) is 10.3. The van der Waals surface area contributed by atoms with Crippen LogP contribution in [0.25, 0.3) is 44.5 Å². The summed E-state index contributed by atoms with van der Waals surface area (Å²) in [5.74, 6) is -0.0945. The molecule has 5 aromatic heterocycles. The van der Waals surface area contributed by atoms with Crippen LogP contribution in [-0.4, -0.2) is 49.1 Å². The van der Waals surface area contributed by atoms with Gasteiger partial charge in [0.25, 0.3) is 0 Å². The number of aromatic amines is 2. The topological polar surface area (TPSA) is 115 Å². The Labute approximate surface area is 230 Å². The maximum Gasteiger partial charge on any atom is 0.228 e. The number of pyridine rings is 3. The van der Waals surface area contributed by atoms with E-state index in [4.69, 9.17) is 0 Å². The van der Waals surface area contributed by atoms with Crippen molar-refractivity contribution in [2.75, 3.05) is 23.3 Å². The zero-order chi connectivity index (χ0) is 26.9. The normalized spacial score (nSPS) is 13.7. The molecule has 1 amide bonds. The van der Waals surface area contributed by atoms with Gasteiger partial charge in [-0.1, -0.05) is 30.3 Å². The highest BCUT2D eigenvalue weighted by Gasteiger charge is 2.18. The summed E-state index contributed by atoms with van der Waals surface area (Å²) >= 11 is 0. The van der Waals surface area contributed by atoms with Gasteiger partial charge >= 0.3 is 0 Å². The highest BCUT2D eigenvalue weighted by atomic mass is 16.1. The number of amides is 1. The zero-order valence-corrected chi connectivity index (χ0v) is 21.9. The van der Waals surface area contributed by atoms with Gasteiger partial charge in [-0.25, -0.2) is 0 Å². The van der Waals surface area contributed by atoms with Crippen LogP contribution >= 0.6 is 0 Å². The average molecular weight is 529 g/mol. The Morgan fingerprint density at radius 3 is 2.60 bits per heavy atom. The predicted octanol–water partition coefficient (Wildman–Crippen LogP) is 5.73. The van der Waals surface area contributed by atoms with Gasteiger partial charge in [-0.05, 0) is 43.0 Å². The highest BCUT2D eigenvalue weighted by Crippen LogP contribution is 2.34. The molecule has 0 aliphatic carbocycles. The molecule has 1 aliphatic heterocycles. The third-order valence-electron chi connectivity index (χ3n) is 7.45. The molecule has 3 N–H and O–H groups in total. The smallest absolute Gasteiger partial charge is 0.228 e. The second-order valence-corrected chi connectivity index (χ2v) is 10.2. The molecule has 0 unspecified atom stereocenters. The minimum Gasteiger partial charge on any atom is -0.370 e. The molecule has 7 rings (SSSR count). The van der Waals surface area contributed by atoms with Crippen molar-refractivity contribution in [2.24, 2.45) is 0 Å². The third-order valence-corrected chi connectivity index (χ3v) is 7.45. The van der Waals surface area contributed by atoms with E-state index in [-0.39, 0.29) is 5.91 Å². The number of aromatic nitrogens is 6. The molecule has 0 atom stereocenters. The highest BCUT2D eigenvalue weighted by molar-refractivity contribution is 6.00. The standard InChI is InChI=1S/C31H28N8O/c40-30(11-20-7-3-1-4-8-20)35-22-12-21(15-32-16-22)25-14-24-28(18-34-25)37-38-31(24)26-13-23-27(36-26)17-33-19-29(23)39-9-5-2-6-10-39/h1,3-4,7-8,12-19,36H,2,5-6,9-11H2,(H,35,40)(H,37,38). The van der Waals surface area contributed by atoms with E-state index in [0.717, 1.165) is 63.1 Å². The molecule has 1 fully saturated rings. The molecule has 6 heterocycles. The van der Waals surface area contributed by atoms with Crippen LogP contribution in [0.2, 0.25) is 0 Å². The summed E-state index contributed by atoms with van der Waals surface area (Å²) in [7, 11) is 0. The van der Waals surface area contributed by atoms with Crippen LogP contribution in [0, 0.1) is 0 Å². The number of hydrogen-bond acceptors (Lipinski definition) is 6. The zero-order valence-electron chi connectivity index (χ0n) is 21.9. The van der Waals surface area contributed by atoms with Crippen LogP contribution in [0.1, 0.15) is 24.8 Å². The number of anilines is 2. The average Bonchev–Trinajstić information content (AvgIpc) is 3.62. The first-order valence-electron chi connectivity index (χ1n) is 13.6. The van der Waals surface area contributed by atoms with Gasteiger partial charge < -0.3 is 15.2 Å². The largest absolute Gasteiger partial charge is 0.370 e. The fourth-order valence-corrected chi connectivity index (χ4v) is 5.47. The molecule has 9 heteroatoms. The molecule has 1 aromatic carbocycles. The Balaban J connectivity index is 1.19. The van der Waals surface area contributed by atoms with E-state index < -0.39 is 0 Å². The lowest BCUT2D eigenvalue weighted by Gasteiger charge is -2.28. The molecule has 0 bridgehead atoms. The first-order chi connectivity index (χ1) is 19.7. The van der Waals surface area contributed by atoms with Crippen LogP contribution in [-0.2, 0) is 11.2 Å². The quantitative estimate of drug-likeness (QED) is 0.254. The monoisotopic (exact) mass is 528 g/mol. The number of rotatable bonds is 6. The number of piperidine rings is 1. The van der Waals surface area contributed by atoms with Gasteiger partial charge in [0.1, 0.15) is 5.69 Å². The molecule has 40 heavy (non-hydrogen) atoms. The Morgan fingerprint density at radius 1 is 0.875 bits per heavy atom. The van der Waals surface area contributed by atoms with Crippen molar-refractivity contribution >= 4 is 39.1 Å². The summed E-state index contributed by atoms with van der Waals surface area (Å²) in [4.78, 5) is 32.0. The summed E-state index contributed by atoms with van der Waals surface area (Å²) in [5.41, 5.74) is 7.87. The summed E-state index contributed by atoms with van der Waals surface area (Å²) in [6.45, 7) is 2.11. The number of fused-ring (bicyclic) bond motifs is 2. The Morgan fingerprint density at radius 2 is 1.73 bits per heavy atom. The second-order valence-electron chi connectivity index (χ2n) is 10.2. The van der Waals surface area contributed by atoms with Crippen molar-refractivity contribution in [1.29, 1.82) is 0 Å². The van der Waals surface area contributed by atoms with E-state index in [2.05, 4.69) is 46.4 Å². The number of H-pyrrole nitrogens is 2. The number of nitrogens with zero attached hydrogens (tertiary/aromatic N) is 5. The molecule has 6 aromatic rings. The van der Waals surface area contributed by atoms with Crippen molar-refractivity contribution in [3.63, 3.8) is 0 Å². The van der Waals surface area contributed by atoms with Gasteiger partial charge in [0, 0.05) is 35.6 Å². The van der Waals surface area contributed by atoms with Crippen molar-refractivity contribution in [1.82, 2.24) is 30.1 Å². The summed E-state index contributed by atoms with van der Waals surface area (Å²) in [6.07, 6.45) is 13.0. The lowest BCUT2D eigenvalue weighted by Crippen LogP contribution is -2.29. The number of benzene rings is 1. The molecule has 198 valence electrons. The minimum atomic E-state index is -0.0945. The summed E-state index contributed by atoms with van der Waals surface area (Å²) < 4.78 is 0. The molecule has 0 radical (unpaired) electrons. The lowest BCUT2D eigenvalue weighted by atomic mass is 10.1. The summed E-state index contributed by atoms with van der Waals surface area (Å²) in [5, 5.41) is 12.8. The summed E-state index contributed by atoms with van der Waals surface area (Å²) in [6, 6.07) is 15.7. The maximum absolute atomic E-state index is 12.6. The van der Waals surface area contributed by atoms with Gasteiger partial charge in [-0.3, -0.25) is 24.8 Å². The predicted molar refractivity (Wildman–Crippen MR) is 157 cm³/mol. The molecule has 0 saturated carbocycles. The van der Waals surface area contributed by atoms with Crippen LogP contribution in [0.5, 0.6) is 0 Å². The molecular weight excluding hydrogens is 500 g/mol. The van der Waals surface area contributed by atoms with Crippen LogP contribution < -0.4 is 10.2 Å². The number of hydrogen-bond donors (Lipinski definition) is 3. The van der Waals surface area contributed by atoms with Gasteiger partial charge in [0.15, 0.2) is 0 Å². The van der Waals surface area contributed by atoms with Crippen LogP contribution in [0.15, 0.2) is 79.5 Å². The Bertz CT molecular complexity index is 1820. The van der Waals surface area contributed by atoms with Gasteiger partial charge in [0.05, 0.1) is 65.0 Å². The molecule has 1 saturated heterocycles. The molecule has 0 spiro atoms. The maximum atomic E-state index is 12.6. The Kier molecular flexibility index (Phi) is 6.16. The van der Waals surface area contributed by atoms with E-state index in [9.17, 15) is 4.79 Å². The van der Waals surface area contributed by atoms with Crippen molar-refractivity contribution < 1.29 is 4.79 Å². The number of carbonyl (C=O) groups is 1. The minimum absolute atomic E-state index is 0.0945. The van der Waals surface area contributed by atoms with Crippen molar-refractivity contribution in [3.8, 4) is 22.6 Å². The van der Waals surface area contributed by atoms with E-state index in [1.807, 2.05) is 54.9 Å². The van der Waals surface area contributed by atoms with Crippen molar-refractivity contribution in [3.05, 3.63) is 85.1 Å².